The molecule has 0 saturated carbocycles. The molecule has 1 N–H and O–H groups in total. The van der Waals surface area contributed by atoms with Crippen LogP contribution in [0.5, 0.6) is 0 Å². The van der Waals surface area contributed by atoms with Crippen molar-refractivity contribution in [2.24, 2.45) is 0 Å². The first kappa shape index (κ1) is 17.1. The smallest absolute Gasteiger partial charge is 0.258 e. The fourth-order valence-corrected chi connectivity index (χ4v) is 4.05. The second kappa shape index (κ2) is 6.43. The number of nitrogens with zero attached hydrogens (tertiary/aromatic N) is 1. The topological polar surface area (TPSA) is 49.2 Å². The zero-order valence-corrected chi connectivity index (χ0v) is 16.1. The van der Waals surface area contributed by atoms with E-state index in [1.165, 1.54) is 17.7 Å². The predicted molar refractivity (Wildman–Crippen MR) is 103 cm³/mol. The van der Waals surface area contributed by atoms with Crippen molar-refractivity contribution in [3.63, 3.8) is 0 Å². The third-order valence-electron chi connectivity index (χ3n) is 4.89. The number of furan rings is 1. The Morgan fingerprint density at radius 3 is 2.77 bits per heavy atom. The number of amides is 1. The van der Waals surface area contributed by atoms with Crippen molar-refractivity contribution in [3.8, 4) is 0 Å². The van der Waals surface area contributed by atoms with Crippen molar-refractivity contribution in [1.29, 1.82) is 0 Å². The third kappa shape index (κ3) is 2.78. The van der Waals surface area contributed by atoms with Gasteiger partial charge in [-0.25, -0.2) is 4.39 Å². The lowest BCUT2D eigenvalue weighted by Crippen LogP contribution is -2.35. The molecular formula is C20H18BrFN2O2. The first-order chi connectivity index (χ1) is 12.5. The van der Waals surface area contributed by atoms with E-state index in [1.807, 2.05) is 18.0 Å². The molecule has 0 atom stereocenters. The maximum absolute atomic E-state index is 13.4. The van der Waals surface area contributed by atoms with Crippen LogP contribution in [0.15, 0.2) is 39.4 Å². The molecule has 1 aliphatic rings. The van der Waals surface area contributed by atoms with Gasteiger partial charge in [0.05, 0.1) is 10.0 Å². The Morgan fingerprint density at radius 1 is 1.31 bits per heavy atom. The molecule has 0 aliphatic carbocycles. The van der Waals surface area contributed by atoms with Gasteiger partial charge in [0.1, 0.15) is 17.3 Å². The number of aryl methyl sites for hydroxylation is 2. The van der Waals surface area contributed by atoms with Gasteiger partial charge >= 0.3 is 0 Å². The van der Waals surface area contributed by atoms with E-state index in [0.29, 0.717) is 30.2 Å². The van der Waals surface area contributed by atoms with Crippen LogP contribution in [0.1, 0.15) is 33.9 Å². The Morgan fingerprint density at radius 2 is 2.12 bits per heavy atom. The fraction of sp³-hybridized carbons (Fsp3) is 0.250. The quantitative estimate of drug-likeness (QED) is 0.623. The molecule has 6 heteroatoms. The first-order valence-electron chi connectivity index (χ1n) is 8.46. The summed E-state index contributed by atoms with van der Waals surface area (Å²) in [5.41, 5.74) is 3.63. The van der Waals surface area contributed by atoms with Crippen molar-refractivity contribution in [1.82, 2.24) is 9.88 Å². The number of aromatic amines is 1. The molecule has 0 saturated heterocycles. The number of aromatic nitrogens is 1. The lowest BCUT2D eigenvalue weighted by molar-refractivity contribution is 0.0770. The normalized spacial score (nSPS) is 14.8. The largest absolute Gasteiger partial charge is 0.465 e. The van der Waals surface area contributed by atoms with E-state index in [4.69, 9.17) is 4.42 Å². The highest BCUT2D eigenvalue weighted by molar-refractivity contribution is 9.10. The maximum atomic E-state index is 13.4. The Bertz CT molecular complexity index is 1050. The van der Waals surface area contributed by atoms with Crippen LogP contribution in [-0.2, 0) is 0 Å². The second-order valence-electron chi connectivity index (χ2n) is 6.53. The fourth-order valence-electron chi connectivity index (χ4n) is 3.52. The van der Waals surface area contributed by atoms with Crippen LogP contribution < -0.4 is 0 Å². The van der Waals surface area contributed by atoms with Gasteiger partial charge < -0.3 is 14.3 Å². The summed E-state index contributed by atoms with van der Waals surface area (Å²) >= 11 is 3.45. The van der Waals surface area contributed by atoms with Crippen LogP contribution >= 0.6 is 15.9 Å². The van der Waals surface area contributed by atoms with Crippen molar-refractivity contribution >= 4 is 38.3 Å². The van der Waals surface area contributed by atoms with Gasteiger partial charge in [-0.05, 0) is 60.0 Å². The highest BCUT2D eigenvalue weighted by Gasteiger charge is 2.26. The molecule has 3 aromatic rings. The number of rotatable bonds is 2. The van der Waals surface area contributed by atoms with E-state index in [0.717, 1.165) is 27.4 Å². The van der Waals surface area contributed by atoms with E-state index >= 15 is 0 Å². The summed E-state index contributed by atoms with van der Waals surface area (Å²) in [4.78, 5) is 17.8. The summed E-state index contributed by atoms with van der Waals surface area (Å²) < 4.78 is 19.6. The van der Waals surface area contributed by atoms with Crippen LogP contribution in [0, 0.1) is 19.7 Å². The molecule has 1 amide bonds. The Kier molecular flexibility index (Phi) is 4.23. The SMILES string of the molecule is Cc1oc(C)c(C(=O)N2CC=C(c3c[nH]c4cc(F)ccc34)CC2)c1Br. The molecule has 1 aliphatic heterocycles. The Balaban J connectivity index is 1.59. The molecule has 0 bridgehead atoms. The van der Waals surface area contributed by atoms with E-state index in [9.17, 15) is 9.18 Å². The monoisotopic (exact) mass is 416 g/mol. The summed E-state index contributed by atoms with van der Waals surface area (Å²) in [5.74, 6) is 1.07. The Labute approximate surface area is 158 Å². The molecule has 134 valence electrons. The van der Waals surface area contributed by atoms with Crippen molar-refractivity contribution in [2.75, 3.05) is 13.1 Å². The van der Waals surface area contributed by atoms with Gasteiger partial charge in [-0.1, -0.05) is 6.08 Å². The van der Waals surface area contributed by atoms with Crippen LogP contribution in [0.3, 0.4) is 0 Å². The van der Waals surface area contributed by atoms with Crippen LogP contribution in [-0.4, -0.2) is 28.9 Å². The minimum atomic E-state index is -0.253. The summed E-state index contributed by atoms with van der Waals surface area (Å²) in [6.45, 7) is 4.82. The molecule has 26 heavy (non-hydrogen) atoms. The predicted octanol–water partition coefficient (Wildman–Crippen LogP) is 5.21. The number of halogens is 2. The molecular weight excluding hydrogens is 399 g/mol. The van der Waals surface area contributed by atoms with Crippen LogP contribution in [0.25, 0.3) is 16.5 Å². The van der Waals surface area contributed by atoms with Crippen LogP contribution in [0.2, 0.25) is 0 Å². The van der Waals surface area contributed by atoms with E-state index in [2.05, 4.69) is 27.0 Å². The minimum Gasteiger partial charge on any atom is -0.465 e. The molecule has 4 rings (SSSR count). The summed E-state index contributed by atoms with van der Waals surface area (Å²) in [6, 6.07) is 4.77. The molecule has 3 heterocycles. The summed E-state index contributed by atoms with van der Waals surface area (Å²) in [6.07, 6.45) is 4.74. The van der Waals surface area contributed by atoms with Gasteiger partial charge in [-0.15, -0.1) is 0 Å². The highest BCUT2D eigenvalue weighted by Crippen LogP contribution is 2.32. The number of H-pyrrole nitrogens is 1. The van der Waals surface area contributed by atoms with Gasteiger partial charge in [0.15, 0.2) is 0 Å². The number of benzene rings is 1. The maximum Gasteiger partial charge on any atom is 0.258 e. The molecule has 0 unspecified atom stereocenters. The van der Waals surface area contributed by atoms with E-state index < -0.39 is 0 Å². The minimum absolute atomic E-state index is 0.0254. The van der Waals surface area contributed by atoms with Crippen molar-refractivity contribution < 1.29 is 13.6 Å². The van der Waals surface area contributed by atoms with Gasteiger partial charge in [0.2, 0.25) is 0 Å². The number of fused-ring (bicyclic) bond motifs is 1. The summed E-state index contributed by atoms with van der Waals surface area (Å²) in [5, 5.41) is 1.00. The number of hydrogen-bond acceptors (Lipinski definition) is 2. The van der Waals surface area contributed by atoms with Gasteiger partial charge in [-0.3, -0.25) is 4.79 Å². The van der Waals surface area contributed by atoms with Gasteiger partial charge in [-0.2, -0.15) is 0 Å². The number of carbonyl (C=O) groups excluding carboxylic acids is 1. The highest BCUT2D eigenvalue weighted by atomic mass is 79.9. The molecule has 0 fully saturated rings. The lowest BCUT2D eigenvalue weighted by Gasteiger charge is -2.26. The number of carbonyl (C=O) groups is 1. The Hall–Kier alpha value is -2.34. The summed E-state index contributed by atoms with van der Waals surface area (Å²) in [7, 11) is 0. The average molecular weight is 417 g/mol. The van der Waals surface area contributed by atoms with Crippen LogP contribution in [0.4, 0.5) is 4.39 Å². The van der Waals surface area contributed by atoms with Gasteiger partial charge in [0.25, 0.3) is 5.91 Å². The van der Waals surface area contributed by atoms with Crippen molar-refractivity contribution in [2.45, 2.75) is 20.3 Å². The molecule has 0 radical (unpaired) electrons. The standard InChI is InChI=1S/C20H18BrFN2O2/c1-11-18(19(21)12(2)26-11)20(25)24-7-5-13(6-8-24)16-10-23-17-9-14(22)3-4-15(16)17/h3-5,9-10,23H,6-8H2,1-2H3. The molecule has 2 aromatic heterocycles. The number of hydrogen-bond donors (Lipinski definition) is 1. The molecule has 1 aromatic carbocycles. The van der Waals surface area contributed by atoms with E-state index in [-0.39, 0.29) is 11.7 Å². The molecule has 0 spiro atoms. The first-order valence-corrected chi connectivity index (χ1v) is 9.26. The average Bonchev–Trinajstić information content (AvgIpc) is 3.15. The second-order valence-corrected chi connectivity index (χ2v) is 7.32. The van der Waals surface area contributed by atoms with E-state index in [1.54, 1.807) is 13.0 Å². The zero-order chi connectivity index (χ0) is 18.4. The zero-order valence-electron chi connectivity index (χ0n) is 14.5. The third-order valence-corrected chi connectivity index (χ3v) is 5.84. The molecule has 4 nitrogen and oxygen atoms in total. The lowest BCUT2D eigenvalue weighted by atomic mass is 9.98. The number of nitrogens with one attached hydrogen (secondary N) is 1. The van der Waals surface area contributed by atoms with Crippen molar-refractivity contribution in [3.05, 3.63) is 63.4 Å². The van der Waals surface area contributed by atoms with Gasteiger partial charge in [0, 0.05) is 35.8 Å².